The fraction of sp³-hybridized carbons (Fsp3) is 0.682. The minimum absolute atomic E-state index is 0.498. The molecular weight excluding hydrogens is 396 g/mol. The third-order valence-electron chi connectivity index (χ3n) is 6.91. The lowest BCUT2D eigenvalue weighted by Gasteiger charge is -2.26. The molecule has 0 aromatic carbocycles. The number of thioether (sulfide) groups is 1. The van der Waals surface area contributed by atoms with E-state index in [4.69, 9.17) is 4.74 Å². The van der Waals surface area contributed by atoms with Gasteiger partial charge < -0.3 is 19.1 Å². The average molecular weight is 429 g/mol. The Labute approximate surface area is 183 Å². The molecule has 0 bridgehead atoms. The highest BCUT2D eigenvalue weighted by atomic mass is 32.2. The second-order valence-electron chi connectivity index (χ2n) is 8.77. The first-order chi connectivity index (χ1) is 14.8. The third-order valence-corrected chi connectivity index (χ3v) is 8.01. The molecule has 162 valence electrons. The van der Waals surface area contributed by atoms with E-state index in [-0.39, 0.29) is 0 Å². The lowest BCUT2D eigenvalue weighted by molar-refractivity contribution is 0.0828. The second kappa shape index (κ2) is 9.24. The Bertz CT molecular complexity index is 824. The average Bonchev–Trinajstić information content (AvgIpc) is 3.47. The largest absolute Gasteiger partial charge is 0.381 e. The van der Waals surface area contributed by atoms with Crippen LogP contribution < -0.4 is 4.90 Å². The highest BCUT2D eigenvalue weighted by Crippen LogP contribution is 2.35. The summed E-state index contributed by atoms with van der Waals surface area (Å²) in [6, 6.07) is 4.90. The zero-order chi connectivity index (χ0) is 20.3. The van der Waals surface area contributed by atoms with Crippen molar-refractivity contribution < 1.29 is 4.74 Å². The van der Waals surface area contributed by atoms with E-state index in [1.807, 2.05) is 30.2 Å². The number of hydrogen-bond acceptors (Lipinski definition) is 7. The maximum atomic E-state index is 5.48. The van der Waals surface area contributed by atoms with Crippen molar-refractivity contribution in [2.45, 2.75) is 42.8 Å². The van der Waals surface area contributed by atoms with Crippen molar-refractivity contribution in [3.63, 3.8) is 0 Å². The van der Waals surface area contributed by atoms with Gasteiger partial charge in [0.05, 0.1) is 11.9 Å². The van der Waals surface area contributed by atoms with Crippen LogP contribution in [0.1, 0.15) is 37.4 Å². The summed E-state index contributed by atoms with van der Waals surface area (Å²) >= 11 is 1.85. The number of aromatic nitrogens is 4. The summed E-state index contributed by atoms with van der Waals surface area (Å²) in [5.41, 5.74) is 1.28. The molecular formula is C22H32N6OS. The van der Waals surface area contributed by atoms with Crippen molar-refractivity contribution in [1.29, 1.82) is 0 Å². The van der Waals surface area contributed by atoms with Crippen LogP contribution in [-0.4, -0.2) is 75.8 Å². The molecule has 8 heteroatoms. The number of rotatable bonds is 7. The van der Waals surface area contributed by atoms with Gasteiger partial charge >= 0.3 is 0 Å². The van der Waals surface area contributed by atoms with Crippen molar-refractivity contribution >= 4 is 17.4 Å². The maximum absolute atomic E-state index is 5.48. The smallest absolute Gasteiger partial charge is 0.190 e. The molecule has 0 spiro atoms. The van der Waals surface area contributed by atoms with Crippen LogP contribution in [-0.2, 0) is 11.8 Å². The summed E-state index contributed by atoms with van der Waals surface area (Å²) in [6.07, 6.45) is 8.49. The van der Waals surface area contributed by atoms with Gasteiger partial charge in [0.1, 0.15) is 5.82 Å². The van der Waals surface area contributed by atoms with Gasteiger partial charge in [-0.05, 0) is 50.3 Å². The van der Waals surface area contributed by atoms with E-state index in [1.54, 1.807) is 0 Å². The van der Waals surface area contributed by atoms with Gasteiger partial charge in [0.15, 0.2) is 5.16 Å². The van der Waals surface area contributed by atoms with Gasteiger partial charge in [0.25, 0.3) is 0 Å². The lowest BCUT2D eigenvalue weighted by Crippen LogP contribution is -2.35. The van der Waals surface area contributed by atoms with Crippen molar-refractivity contribution in [2.75, 3.05) is 50.0 Å². The highest BCUT2D eigenvalue weighted by molar-refractivity contribution is 7.99. The van der Waals surface area contributed by atoms with Crippen molar-refractivity contribution in [3.8, 4) is 0 Å². The second-order valence-corrected chi connectivity index (χ2v) is 9.83. The Morgan fingerprint density at radius 2 is 2.07 bits per heavy atom. The molecule has 5 heterocycles. The Morgan fingerprint density at radius 1 is 1.17 bits per heavy atom. The van der Waals surface area contributed by atoms with Crippen LogP contribution in [0.2, 0.25) is 0 Å². The van der Waals surface area contributed by atoms with Crippen LogP contribution >= 0.6 is 11.8 Å². The van der Waals surface area contributed by atoms with Gasteiger partial charge in [-0.1, -0.05) is 11.8 Å². The lowest BCUT2D eigenvalue weighted by atomic mass is 10.00. The molecule has 0 radical (unpaired) electrons. The number of ether oxygens (including phenoxy) is 1. The standard InChI is InChI=1S/C22H32N6OS/c1-26-21(17-6-11-29-12-7-17)24-25-22(26)30-13-3-9-27-15-18-5-10-28(20(18)16-27)19-4-2-8-23-14-19/h2,4,8,14,17-18,20H,3,5-7,9-13,15-16H2,1H3/t18-,20+/m1/s1. The SMILES string of the molecule is Cn1c(SCCCN2C[C@H]3CCN(c4cccnc4)[C@H]3C2)nnc1C1CCOCC1. The molecule has 2 atom stereocenters. The fourth-order valence-electron chi connectivity index (χ4n) is 5.29. The summed E-state index contributed by atoms with van der Waals surface area (Å²) in [5, 5.41) is 10.00. The van der Waals surface area contributed by atoms with E-state index in [0.717, 1.165) is 48.7 Å². The summed E-state index contributed by atoms with van der Waals surface area (Å²) in [5.74, 6) is 3.53. The van der Waals surface area contributed by atoms with E-state index in [9.17, 15) is 0 Å². The van der Waals surface area contributed by atoms with Gasteiger partial charge in [0, 0.05) is 63.8 Å². The van der Waals surface area contributed by atoms with Crippen LogP contribution in [0.5, 0.6) is 0 Å². The molecule has 3 aliphatic heterocycles. The molecule has 0 unspecified atom stereocenters. The molecule has 3 saturated heterocycles. The minimum atomic E-state index is 0.498. The number of likely N-dealkylation sites (tertiary alicyclic amines) is 1. The van der Waals surface area contributed by atoms with E-state index in [0.29, 0.717) is 12.0 Å². The molecule has 0 amide bonds. The Hall–Kier alpha value is -1.64. The van der Waals surface area contributed by atoms with Crippen LogP contribution in [0.4, 0.5) is 5.69 Å². The van der Waals surface area contributed by atoms with Gasteiger partial charge in [-0.3, -0.25) is 4.98 Å². The normalized spacial score (nSPS) is 25.2. The van der Waals surface area contributed by atoms with Gasteiger partial charge in [-0.2, -0.15) is 0 Å². The van der Waals surface area contributed by atoms with Crippen molar-refractivity contribution in [2.24, 2.45) is 13.0 Å². The van der Waals surface area contributed by atoms with Gasteiger partial charge in [-0.25, -0.2) is 0 Å². The van der Waals surface area contributed by atoms with Crippen LogP contribution in [0, 0.1) is 5.92 Å². The number of hydrogen-bond donors (Lipinski definition) is 0. The predicted octanol–water partition coefficient (Wildman–Crippen LogP) is 2.80. The van der Waals surface area contributed by atoms with Crippen LogP contribution in [0.3, 0.4) is 0 Å². The first kappa shape index (κ1) is 20.3. The first-order valence-electron chi connectivity index (χ1n) is 11.3. The van der Waals surface area contributed by atoms with E-state index >= 15 is 0 Å². The number of nitrogens with zero attached hydrogens (tertiary/aromatic N) is 6. The molecule has 3 fully saturated rings. The molecule has 2 aromatic rings. The van der Waals surface area contributed by atoms with E-state index in [2.05, 4.69) is 42.7 Å². The third kappa shape index (κ3) is 4.22. The van der Waals surface area contributed by atoms with Crippen LogP contribution in [0.25, 0.3) is 0 Å². The molecule has 0 aliphatic carbocycles. The maximum Gasteiger partial charge on any atom is 0.190 e. The fourth-order valence-corrected chi connectivity index (χ4v) is 6.13. The molecule has 30 heavy (non-hydrogen) atoms. The summed E-state index contributed by atoms with van der Waals surface area (Å²) in [7, 11) is 2.11. The van der Waals surface area contributed by atoms with Gasteiger partial charge in [0.2, 0.25) is 0 Å². The summed E-state index contributed by atoms with van der Waals surface area (Å²) in [6.45, 7) is 6.45. The molecule has 3 aliphatic rings. The monoisotopic (exact) mass is 428 g/mol. The van der Waals surface area contributed by atoms with Crippen LogP contribution in [0.15, 0.2) is 29.7 Å². The molecule has 0 saturated carbocycles. The number of pyridine rings is 1. The summed E-state index contributed by atoms with van der Waals surface area (Å²) < 4.78 is 7.68. The van der Waals surface area contributed by atoms with E-state index < -0.39 is 0 Å². The minimum Gasteiger partial charge on any atom is -0.381 e. The van der Waals surface area contributed by atoms with Gasteiger partial charge in [-0.15, -0.1) is 10.2 Å². The zero-order valence-corrected chi connectivity index (χ0v) is 18.6. The molecule has 5 rings (SSSR count). The molecule has 2 aromatic heterocycles. The number of anilines is 1. The van der Waals surface area contributed by atoms with Crippen molar-refractivity contribution in [1.82, 2.24) is 24.6 Å². The quantitative estimate of drug-likeness (QED) is 0.496. The Balaban J connectivity index is 1.08. The van der Waals surface area contributed by atoms with Crippen molar-refractivity contribution in [3.05, 3.63) is 30.4 Å². The molecule has 0 N–H and O–H groups in total. The first-order valence-corrected chi connectivity index (χ1v) is 12.3. The highest BCUT2D eigenvalue weighted by Gasteiger charge is 2.41. The number of fused-ring (bicyclic) bond motifs is 1. The topological polar surface area (TPSA) is 59.3 Å². The van der Waals surface area contributed by atoms with E-state index in [1.165, 1.54) is 44.7 Å². The Morgan fingerprint density at radius 3 is 2.90 bits per heavy atom. The Kier molecular flexibility index (Phi) is 6.24. The predicted molar refractivity (Wildman–Crippen MR) is 119 cm³/mol. The molecule has 7 nitrogen and oxygen atoms in total. The zero-order valence-electron chi connectivity index (χ0n) is 17.8. The summed E-state index contributed by atoms with van der Waals surface area (Å²) in [4.78, 5) is 9.54.